The maximum absolute atomic E-state index is 13.2. The van der Waals surface area contributed by atoms with E-state index in [4.69, 9.17) is 19.9 Å². The second-order valence-electron chi connectivity index (χ2n) is 7.38. The van der Waals surface area contributed by atoms with Gasteiger partial charge in [0.15, 0.2) is 17.2 Å². The van der Waals surface area contributed by atoms with Crippen LogP contribution in [0.15, 0.2) is 21.9 Å². The molecule has 1 aliphatic heterocycles. The van der Waals surface area contributed by atoms with Crippen LogP contribution in [0.25, 0.3) is 5.82 Å². The van der Waals surface area contributed by atoms with Gasteiger partial charge in [0.25, 0.3) is 5.91 Å². The normalized spacial score (nSPS) is 14.0. The van der Waals surface area contributed by atoms with E-state index in [1.165, 1.54) is 32.2 Å². The van der Waals surface area contributed by atoms with Crippen LogP contribution in [0.5, 0.6) is 17.2 Å². The molecule has 1 amide bonds. The Morgan fingerprint density at radius 2 is 1.94 bits per heavy atom. The van der Waals surface area contributed by atoms with Gasteiger partial charge in [0.1, 0.15) is 5.69 Å². The standard InChI is InChI=1S/C20H25N9O5/c1-31-14-7-6-12(16(32-2)17(14)33-3)10-22-24-20(30)15-13(11-28-8-4-5-9-28)23-27-29(15)19-18(21)25-34-26-19/h6-7,10H,4-5,8-9,11H2,1-3H3,(H2,21,25)(H,24,30). The SMILES string of the molecule is COc1ccc(C=NNC(=O)c2c(CN3CCCC3)nnn2-c2nonc2N)c(OC)c1OC. The first kappa shape index (κ1) is 23.0. The van der Waals surface area contributed by atoms with Gasteiger partial charge in [-0.25, -0.2) is 10.1 Å². The number of nitrogens with one attached hydrogen (secondary N) is 1. The van der Waals surface area contributed by atoms with Crippen LogP contribution in [0, 0.1) is 0 Å². The molecule has 0 spiro atoms. The zero-order valence-corrected chi connectivity index (χ0v) is 19.0. The maximum atomic E-state index is 13.2. The van der Waals surface area contributed by atoms with E-state index in [2.05, 4.69) is 40.7 Å². The van der Waals surface area contributed by atoms with Crippen molar-refractivity contribution in [3.63, 3.8) is 0 Å². The number of methoxy groups -OCH3 is 3. The van der Waals surface area contributed by atoms with Gasteiger partial charge in [-0.3, -0.25) is 9.69 Å². The monoisotopic (exact) mass is 471 g/mol. The van der Waals surface area contributed by atoms with Gasteiger partial charge in [-0.05, 0) is 48.4 Å². The molecule has 1 aliphatic rings. The number of nitrogens with zero attached hydrogens (tertiary/aromatic N) is 7. The lowest BCUT2D eigenvalue weighted by Crippen LogP contribution is -2.26. The second kappa shape index (κ2) is 10.2. The number of amides is 1. The van der Waals surface area contributed by atoms with E-state index in [-0.39, 0.29) is 17.3 Å². The van der Waals surface area contributed by atoms with Crippen LogP contribution in [-0.2, 0) is 6.54 Å². The quantitative estimate of drug-likeness (QED) is 0.331. The summed E-state index contributed by atoms with van der Waals surface area (Å²) >= 11 is 0. The van der Waals surface area contributed by atoms with Gasteiger partial charge >= 0.3 is 0 Å². The first-order chi connectivity index (χ1) is 16.6. The van der Waals surface area contributed by atoms with Gasteiger partial charge < -0.3 is 19.9 Å². The lowest BCUT2D eigenvalue weighted by Gasteiger charge is -2.14. The summed E-state index contributed by atoms with van der Waals surface area (Å²) in [4.78, 5) is 15.3. The molecule has 3 N–H and O–H groups in total. The van der Waals surface area contributed by atoms with Gasteiger partial charge in [0.2, 0.25) is 17.4 Å². The summed E-state index contributed by atoms with van der Waals surface area (Å²) in [5, 5.41) is 19.6. The van der Waals surface area contributed by atoms with Crippen molar-refractivity contribution in [3.05, 3.63) is 29.1 Å². The molecule has 0 atom stereocenters. The van der Waals surface area contributed by atoms with E-state index < -0.39 is 5.91 Å². The molecule has 0 bridgehead atoms. The molecule has 0 radical (unpaired) electrons. The van der Waals surface area contributed by atoms with Crippen molar-refractivity contribution >= 4 is 17.9 Å². The third-order valence-corrected chi connectivity index (χ3v) is 5.33. The Bertz CT molecular complexity index is 1180. The number of rotatable bonds is 9. The van der Waals surface area contributed by atoms with Crippen LogP contribution in [0.3, 0.4) is 0 Å². The number of nitrogen functional groups attached to an aromatic ring is 1. The molecule has 3 aromatic rings. The average molecular weight is 471 g/mol. The number of aromatic nitrogens is 5. The number of hydrogen-bond donors (Lipinski definition) is 2. The molecule has 1 aromatic carbocycles. The topological polar surface area (TPSA) is 168 Å². The van der Waals surface area contributed by atoms with E-state index in [0.717, 1.165) is 25.9 Å². The Labute approximate surface area is 194 Å². The van der Waals surface area contributed by atoms with Crippen molar-refractivity contribution in [2.75, 3.05) is 40.2 Å². The van der Waals surface area contributed by atoms with Crippen LogP contribution in [0.1, 0.15) is 34.6 Å². The van der Waals surface area contributed by atoms with Gasteiger partial charge in [0.05, 0.1) is 27.5 Å². The van der Waals surface area contributed by atoms with Crippen LogP contribution in [0.2, 0.25) is 0 Å². The Morgan fingerprint density at radius 1 is 1.18 bits per heavy atom. The number of benzene rings is 1. The molecule has 14 nitrogen and oxygen atoms in total. The van der Waals surface area contributed by atoms with Crippen molar-refractivity contribution in [3.8, 4) is 23.1 Å². The minimum atomic E-state index is -0.558. The van der Waals surface area contributed by atoms with E-state index in [1.54, 1.807) is 12.1 Å². The van der Waals surface area contributed by atoms with E-state index in [9.17, 15) is 4.79 Å². The third-order valence-electron chi connectivity index (χ3n) is 5.33. The van der Waals surface area contributed by atoms with Gasteiger partial charge in [0, 0.05) is 12.1 Å². The highest BCUT2D eigenvalue weighted by molar-refractivity contribution is 5.95. The molecule has 4 rings (SSSR count). The fourth-order valence-corrected chi connectivity index (χ4v) is 3.72. The fourth-order valence-electron chi connectivity index (χ4n) is 3.72. The molecule has 1 saturated heterocycles. The van der Waals surface area contributed by atoms with Crippen LogP contribution in [0.4, 0.5) is 5.82 Å². The molecule has 34 heavy (non-hydrogen) atoms. The number of likely N-dealkylation sites (tertiary alicyclic amines) is 1. The number of hydrogen-bond acceptors (Lipinski definition) is 12. The smallest absolute Gasteiger partial charge is 0.292 e. The number of carbonyl (C=O) groups excluding carboxylic acids is 1. The van der Waals surface area contributed by atoms with Crippen molar-refractivity contribution in [1.82, 2.24) is 35.6 Å². The number of carbonyl (C=O) groups is 1. The maximum Gasteiger partial charge on any atom is 0.292 e. The fraction of sp³-hybridized carbons (Fsp3) is 0.400. The largest absolute Gasteiger partial charge is 0.493 e. The summed E-state index contributed by atoms with van der Waals surface area (Å²) < 4.78 is 21.9. The molecule has 14 heteroatoms. The van der Waals surface area contributed by atoms with Crippen LogP contribution < -0.4 is 25.4 Å². The van der Waals surface area contributed by atoms with E-state index >= 15 is 0 Å². The van der Waals surface area contributed by atoms with Crippen molar-refractivity contribution in [1.29, 1.82) is 0 Å². The van der Waals surface area contributed by atoms with Gasteiger partial charge in [-0.1, -0.05) is 5.21 Å². The van der Waals surface area contributed by atoms with Crippen molar-refractivity contribution < 1.29 is 23.6 Å². The summed E-state index contributed by atoms with van der Waals surface area (Å²) in [5.74, 6) is 0.798. The summed E-state index contributed by atoms with van der Waals surface area (Å²) in [7, 11) is 4.53. The summed E-state index contributed by atoms with van der Waals surface area (Å²) in [6, 6.07) is 3.43. The lowest BCUT2D eigenvalue weighted by molar-refractivity contribution is 0.0945. The average Bonchev–Trinajstić information content (AvgIpc) is 3.60. The molecule has 0 unspecified atom stereocenters. The van der Waals surface area contributed by atoms with Crippen molar-refractivity contribution in [2.24, 2.45) is 5.10 Å². The number of nitrogens with two attached hydrogens (primary N) is 1. The highest BCUT2D eigenvalue weighted by Crippen LogP contribution is 2.39. The summed E-state index contributed by atoms with van der Waals surface area (Å²) in [5.41, 5.74) is 9.47. The first-order valence-electron chi connectivity index (χ1n) is 10.4. The molecular weight excluding hydrogens is 446 g/mol. The summed E-state index contributed by atoms with van der Waals surface area (Å²) in [6.45, 7) is 2.28. The van der Waals surface area contributed by atoms with Crippen LogP contribution in [-0.4, -0.2) is 76.7 Å². The minimum Gasteiger partial charge on any atom is -0.493 e. The Kier molecular flexibility index (Phi) is 6.87. The van der Waals surface area contributed by atoms with E-state index in [0.29, 0.717) is 35.1 Å². The van der Waals surface area contributed by atoms with Crippen molar-refractivity contribution in [2.45, 2.75) is 19.4 Å². The third kappa shape index (κ3) is 4.47. The highest BCUT2D eigenvalue weighted by Gasteiger charge is 2.27. The second-order valence-corrected chi connectivity index (χ2v) is 7.38. The first-order valence-corrected chi connectivity index (χ1v) is 10.4. The molecule has 0 aliphatic carbocycles. The number of ether oxygens (including phenoxy) is 3. The molecular formula is C20H25N9O5. The summed E-state index contributed by atoms with van der Waals surface area (Å²) in [6.07, 6.45) is 3.61. The lowest BCUT2D eigenvalue weighted by atomic mass is 10.2. The zero-order valence-electron chi connectivity index (χ0n) is 19.0. The minimum absolute atomic E-state index is 0.0229. The molecule has 180 valence electrons. The predicted molar refractivity (Wildman–Crippen MR) is 119 cm³/mol. The van der Waals surface area contributed by atoms with E-state index in [1.807, 2.05) is 0 Å². The molecule has 1 fully saturated rings. The predicted octanol–water partition coefficient (Wildman–Crippen LogP) is 0.618. The van der Waals surface area contributed by atoms with Gasteiger partial charge in [-0.15, -0.1) is 5.10 Å². The Balaban J connectivity index is 1.61. The number of hydrazone groups is 1. The molecule has 3 heterocycles. The zero-order chi connectivity index (χ0) is 24.1. The number of anilines is 1. The van der Waals surface area contributed by atoms with Crippen LogP contribution >= 0.6 is 0 Å². The Morgan fingerprint density at radius 3 is 2.59 bits per heavy atom. The highest BCUT2D eigenvalue weighted by atomic mass is 16.6. The molecule has 2 aromatic heterocycles. The Hall–Kier alpha value is -4.20. The van der Waals surface area contributed by atoms with Gasteiger partial charge in [-0.2, -0.15) is 9.78 Å². The molecule has 0 saturated carbocycles.